The van der Waals surface area contributed by atoms with Crippen LogP contribution in [-0.4, -0.2) is 30.4 Å². The van der Waals surface area contributed by atoms with Crippen LogP contribution in [0.15, 0.2) is 60.7 Å². The van der Waals surface area contributed by atoms with Gasteiger partial charge in [-0.05, 0) is 37.4 Å². The summed E-state index contributed by atoms with van der Waals surface area (Å²) in [4.78, 5) is 14.2. The third kappa shape index (κ3) is 6.25. The fourth-order valence-electron chi connectivity index (χ4n) is 2.55. The second-order valence-corrected chi connectivity index (χ2v) is 5.66. The van der Waals surface area contributed by atoms with Crippen molar-refractivity contribution in [3.05, 3.63) is 71.8 Å². The van der Waals surface area contributed by atoms with Gasteiger partial charge >= 0.3 is 0 Å². The Balaban J connectivity index is 1.66. The molecular weight excluding hydrogens is 284 g/mol. The Kier molecular flexibility index (Phi) is 7.34. The van der Waals surface area contributed by atoms with Gasteiger partial charge in [-0.3, -0.25) is 4.79 Å². The SMILES string of the molecule is CCN(Cc1ccccc1)C(=O)CNCCCc1ccccc1. The molecule has 2 rings (SSSR count). The average Bonchev–Trinajstić information content (AvgIpc) is 2.61. The molecule has 3 nitrogen and oxygen atoms in total. The van der Waals surface area contributed by atoms with Crippen LogP contribution in [0, 0.1) is 0 Å². The van der Waals surface area contributed by atoms with Gasteiger partial charge in [0.2, 0.25) is 5.91 Å². The predicted molar refractivity (Wildman–Crippen MR) is 95.2 cm³/mol. The smallest absolute Gasteiger partial charge is 0.236 e. The Labute approximate surface area is 139 Å². The molecule has 122 valence electrons. The number of amides is 1. The number of aryl methyl sites for hydroxylation is 1. The monoisotopic (exact) mass is 310 g/mol. The van der Waals surface area contributed by atoms with Crippen LogP contribution in [0.3, 0.4) is 0 Å². The van der Waals surface area contributed by atoms with Crippen LogP contribution in [-0.2, 0) is 17.8 Å². The number of hydrogen-bond acceptors (Lipinski definition) is 2. The maximum atomic E-state index is 12.3. The summed E-state index contributed by atoms with van der Waals surface area (Å²) < 4.78 is 0. The van der Waals surface area contributed by atoms with Gasteiger partial charge < -0.3 is 10.2 Å². The number of nitrogens with zero attached hydrogens (tertiary/aromatic N) is 1. The van der Waals surface area contributed by atoms with Crippen molar-refractivity contribution in [2.75, 3.05) is 19.6 Å². The van der Waals surface area contributed by atoms with E-state index in [9.17, 15) is 4.79 Å². The largest absolute Gasteiger partial charge is 0.338 e. The third-order valence-electron chi connectivity index (χ3n) is 3.89. The Bertz CT molecular complexity index is 569. The zero-order valence-corrected chi connectivity index (χ0v) is 13.9. The minimum atomic E-state index is 0.163. The zero-order chi connectivity index (χ0) is 16.3. The van der Waals surface area contributed by atoms with Gasteiger partial charge in [0.25, 0.3) is 0 Å². The molecule has 1 N–H and O–H groups in total. The highest BCUT2D eigenvalue weighted by Crippen LogP contribution is 2.04. The molecule has 0 bridgehead atoms. The second kappa shape index (κ2) is 9.80. The lowest BCUT2D eigenvalue weighted by Crippen LogP contribution is -2.38. The van der Waals surface area contributed by atoms with Gasteiger partial charge in [-0.2, -0.15) is 0 Å². The molecule has 0 atom stereocenters. The van der Waals surface area contributed by atoms with Crippen LogP contribution in [0.25, 0.3) is 0 Å². The van der Waals surface area contributed by atoms with Crippen molar-refractivity contribution in [1.82, 2.24) is 10.2 Å². The number of rotatable bonds is 9. The fourth-order valence-corrected chi connectivity index (χ4v) is 2.55. The number of carbonyl (C=O) groups is 1. The fraction of sp³-hybridized carbons (Fsp3) is 0.350. The minimum Gasteiger partial charge on any atom is -0.338 e. The summed E-state index contributed by atoms with van der Waals surface area (Å²) in [6.45, 7) is 4.72. The zero-order valence-electron chi connectivity index (χ0n) is 13.9. The Morgan fingerprint density at radius 3 is 2.17 bits per heavy atom. The Morgan fingerprint density at radius 1 is 0.957 bits per heavy atom. The molecule has 0 fully saturated rings. The van der Waals surface area contributed by atoms with E-state index in [0.29, 0.717) is 13.1 Å². The molecule has 2 aromatic rings. The van der Waals surface area contributed by atoms with Crippen molar-refractivity contribution < 1.29 is 4.79 Å². The second-order valence-electron chi connectivity index (χ2n) is 5.66. The van der Waals surface area contributed by atoms with Gasteiger partial charge in [0, 0.05) is 13.1 Å². The minimum absolute atomic E-state index is 0.163. The first kappa shape index (κ1) is 17.2. The van der Waals surface area contributed by atoms with E-state index in [4.69, 9.17) is 0 Å². The normalized spacial score (nSPS) is 10.5. The van der Waals surface area contributed by atoms with E-state index in [1.54, 1.807) is 0 Å². The standard InChI is InChI=1S/C20H26N2O/c1-2-22(17-19-12-7-4-8-13-19)20(23)16-21-15-9-14-18-10-5-3-6-11-18/h3-8,10-13,21H,2,9,14-17H2,1H3. The molecule has 0 spiro atoms. The molecule has 0 radical (unpaired) electrons. The van der Waals surface area contributed by atoms with Gasteiger partial charge in [0.1, 0.15) is 0 Å². The molecule has 0 heterocycles. The maximum absolute atomic E-state index is 12.3. The van der Waals surface area contributed by atoms with E-state index in [-0.39, 0.29) is 5.91 Å². The number of hydrogen-bond donors (Lipinski definition) is 1. The van der Waals surface area contributed by atoms with Crippen molar-refractivity contribution in [3.63, 3.8) is 0 Å². The number of likely N-dealkylation sites (N-methyl/N-ethyl adjacent to an activating group) is 1. The molecule has 0 aliphatic carbocycles. The number of benzene rings is 2. The highest BCUT2D eigenvalue weighted by atomic mass is 16.2. The summed E-state index contributed by atoms with van der Waals surface area (Å²) in [6.07, 6.45) is 2.09. The Hall–Kier alpha value is -2.13. The van der Waals surface area contributed by atoms with Gasteiger partial charge in [0.05, 0.1) is 6.54 Å². The maximum Gasteiger partial charge on any atom is 0.236 e. The van der Waals surface area contributed by atoms with Crippen molar-refractivity contribution in [3.8, 4) is 0 Å². The first-order chi connectivity index (χ1) is 11.3. The van der Waals surface area contributed by atoms with Crippen molar-refractivity contribution in [2.24, 2.45) is 0 Å². The lowest BCUT2D eigenvalue weighted by molar-refractivity contribution is -0.130. The van der Waals surface area contributed by atoms with E-state index in [1.807, 2.05) is 36.1 Å². The van der Waals surface area contributed by atoms with Crippen LogP contribution in [0.1, 0.15) is 24.5 Å². The van der Waals surface area contributed by atoms with Crippen LogP contribution >= 0.6 is 0 Å². The highest BCUT2D eigenvalue weighted by molar-refractivity contribution is 5.78. The molecule has 0 saturated heterocycles. The highest BCUT2D eigenvalue weighted by Gasteiger charge is 2.11. The lowest BCUT2D eigenvalue weighted by atomic mass is 10.1. The van der Waals surface area contributed by atoms with Crippen LogP contribution in [0.2, 0.25) is 0 Å². The van der Waals surface area contributed by atoms with Gasteiger partial charge in [0.15, 0.2) is 0 Å². The molecule has 0 aromatic heterocycles. The lowest BCUT2D eigenvalue weighted by Gasteiger charge is -2.21. The summed E-state index contributed by atoms with van der Waals surface area (Å²) >= 11 is 0. The number of nitrogens with one attached hydrogen (secondary N) is 1. The van der Waals surface area contributed by atoms with E-state index in [2.05, 4.69) is 41.7 Å². The Morgan fingerprint density at radius 2 is 1.57 bits per heavy atom. The van der Waals surface area contributed by atoms with Crippen LogP contribution in [0.5, 0.6) is 0 Å². The molecule has 2 aromatic carbocycles. The van der Waals surface area contributed by atoms with Crippen LogP contribution in [0.4, 0.5) is 0 Å². The van der Waals surface area contributed by atoms with E-state index in [1.165, 1.54) is 11.1 Å². The molecule has 3 heteroatoms. The summed E-state index contributed by atoms with van der Waals surface area (Å²) in [5, 5.41) is 3.26. The first-order valence-corrected chi connectivity index (χ1v) is 8.36. The molecule has 23 heavy (non-hydrogen) atoms. The molecule has 0 saturated carbocycles. The summed E-state index contributed by atoms with van der Waals surface area (Å²) in [7, 11) is 0. The van der Waals surface area contributed by atoms with E-state index < -0.39 is 0 Å². The summed E-state index contributed by atoms with van der Waals surface area (Å²) in [5.74, 6) is 0.163. The molecule has 0 unspecified atom stereocenters. The van der Waals surface area contributed by atoms with E-state index in [0.717, 1.165) is 25.9 Å². The first-order valence-electron chi connectivity index (χ1n) is 8.36. The summed E-state index contributed by atoms with van der Waals surface area (Å²) in [6, 6.07) is 20.6. The van der Waals surface area contributed by atoms with Gasteiger partial charge in [-0.1, -0.05) is 60.7 Å². The van der Waals surface area contributed by atoms with Gasteiger partial charge in [-0.15, -0.1) is 0 Å². The molecule has 1 amide bonds. The van der Waals surface area contributed by atoms with Crippen molar-refractivity contribution in [2.45, 2.75) is 26.3 Å². The molecular formula is C20H26N2O. The predicted octanol–water partition coefficient (Wildman–Crippen LogP) is 3.26. The molecule has 0 aliphatic heterocycles. The van der Waals surface area contributed by atoms with Crippen molar-refractivity contribution in [1.29, 1.82) is 0 Å². The average molecular weight is 310 g/mol. The summed E-state index contributed by atoms with van der Waals surface area (Å²) in [5.41, 5.74) is 2.52. The number of carbonyl (C=O) groups excluding carboxylic acids is 1. The van der Waals surface area contributed by atoms with Crippen LogP contribution < -0.4 is 5.32 Å². The van der Waals surface area contributed by atoms with Gasteiger partial charge in [-0.25, -0.2) is 0 Å². The van der Waals surface area contributed by atoms with E-state index >= 15 is 0 Å². The topological polar surface area (TPSA) is 32.3 Å². The molecule has 0 aliphatic rings. The quantitative estimate of drug-likeness (QED) is 0.721. The third-order valence-corrected chi connectivity index (χ3v) is 3.89. The van der Waals surface area contributed by atoms with Crippen molar-refractivity contribution >= 4 is 5.91 Å².